The predicted molar refractivity (Wildman–Crippen MR) is 74.7 cm³/mol. The maximum atomic E-state index is 6.09. The first-order valence-electron chi connectivity index (χ1n) is 4.45. The van der Waals surface area contributed by atoms with Gasteiger partial charge in [0, 0.05) is 22.3 Å². The minimum atomic E-state index is 0.233. The number of hydrogen-bond acceptors (Lipinski definition) is 1. The van der Waals surface area contributed by atoms with Gasteiger partial charge in [0.1, 0.15) is 5.15 Å². The lowest BCUT2D eigenvalue weighted by atomic mass is 10.1. The number of halogens is 5. The number of rotatable bonds is 1. The Morgan fingerprint density at radius 1 is 0.765 bits per heavy atom. The molecule has 0 aliphatic heterocycles. The van der Waals surface area contributed by atoms with Crippen LogP contribution in [0, 0.1) is 0 Å². The molecule has 0 unspecified atom stereocenters. The summed E-state index contributed by atoms with van der Waals surface area (Å²) in [6.07, 6.45) is 1.55. The fourth-order valence-corrected chi connectivity index (χ4v) is 2.68. The molecule has 0 spiro atoms. The number of benzene rings is 1. The Morgan fingerprint density at radius 3 is 1.88 bits per heavy atom. The molecule has 0 saturated heterocycles. The fourth-order valence-electron chi connectivity index (χ4n) is 1.38. The Labute approximate surface area is 123 Å². The summed E-state index contributed by atoms with van der Waals surface area (Å²) in [7, 11) is 0. The standard InChI is InChI=1S/C11H4Cl5N/c12-6-2-7(13)10(8(14)3-6)5-1-9(15)11(16)17-4-5/h1-4H. The number of nitrogens with zero attached hydrogens (tertiary/aromatic N) is 1. The van der Waals surface area contributed by atoms with E-state index >= 15 is 0 Å². The third kappa shape index (κ3) is 2.81. The molecule has 0 bridgehead atoms. The first kappa shape index (κ1) is 13.3. The first-order valence-corrected chi connectivity index (χ1v) is 6.34. The van der Waals surface area contributed by atoms with Crippen molar-refractivity contribution < 1.29 is 0 Å². The summed E-state index contributed by atoms with van der Waals surface area (Å²) >= 11 is 29.6. The van der Waals surface area contributed by atoms with E-state index in [0.717, 1.165) is 0 Å². The number of hydrogen-bond donors (Lipinski definition) is 0. The molecule has 0 atom stereocenters. The van der Waals surface area contributed by atoms with Gasteiger partial charge >= 0.3 is 0 Å². The minimum Gasteiger partial charge on any atom is -0.242 e. The molecule has 0 N–H and O–H groups in total. The van der Waals surface area contributed by atoms with Crippen molar-refractivity contribution in [2.24, 2.45) is 0 Å². The van der Waals surface area contributed by atoms with Gasteiger partial charge in [-0.05, 0) is 18.2 Å². The minimum absolute atomic E-state index is 0.233. The normalized spacial score (nSPS) is 10.6. The second-order valence-electron chi connectivity index (χ2n) is 3.24. The van der Waals surface area contributed by atoms with Crippen LogP contribution >= 0.6 is 58.0 Å². The van der Waals surface area contributed by atoms with Crippen molar-refractivity contribution in [3.05, 3.63) is 49.6 Å². The maximum absolute atomic E-state index is 6.09. The molecular formula is C11H4Cl5N. The van der Waals surface area contributed by atoms with Crippen molar-refractivity contribution in [1.82, 2.24) is 4.98 Å². The molecule has 1 nitrogen and oxygen atoms in total. The smallest absolute Gasteiger partial charge is 0.147 e. The topological polar surface area (TPSA) is 12.9 Å². The van der Waals surface area contributed by atoms with Gasteiger partial charge in [-0.25, -0.2) is 4.98 Å². The molecule has 0 fully saturated rings. The largest absolute Gasteiger partial charge is 0.242 e. The SMILES string of the molecule is Clc1cc(Cl)c(-c2cnc(Cl)c(Cl)c2)c(Cl)c1. The van der Waals surface area contributed by atoms with Crippen LogP contribution in [0.25, 0.3) is 11.1 Å². The lowest BCUT2D eigenvalue weighted by Crippen LogP contribution is -1.85. The van der Waals surface area contributed by atoms with Gasteiger partial charge in [0.05, 0.1) is 15.1 Å². The summed E-state index contributed by atoms with van der Waals surface area (Å²) in [6.45, 7) is 0. The van der Waals surface area contributed by atoms with Crippen molar-refractivity contribution in [1.29, 1.82) is 0 Å². The molecule has 0 radical (unpaired) electrons. The van der Waals surface area contributed by atoms with E-state index < -0.39 is 0 Å². The summed E-state index contributed by atoms with van der Waals surface area (Å²) in [5, 5.41) is 1.91. The zero-order valence-corrected chi connectivity index (χ0v) is 11.9. The van der Waals surface area contributed by atoms with E-state index in [1.807, 2.05) is 0 Å². The molecule has 6 heteroatoms. The predicted octanol–water partition coefficient (Wildman–Crippen LogP) is 6.02. The molecule has 0 aliphatic rings. The summed E-state index contributed by atoms with van der Waals surface area (Å²) in [5.74, 6) is 0. The molecule has 2 aromatic rings. The lowest BCUT2D eigenvalue weighted by Gasteiger charge is -2.08. The van der Waals surface area contributed by atoms with E-state index in [-0.39, 0.29) is 5.15 Å². The second-order valence-corrected chi connectivity index (χ2v) is 5.26. The van der Waals surface area contributed by atoms with Crippen LogP contribution in [0.2, 0.25) is 25.2 Å². The van der Waals surface area contributed by atoms with Gasteiger partial charge in [0.15, 0.2) is 0 Å². The van der Waals surface area contributed by atoms with Crippen LogP contribution in [0.3, 0.4) is 0 Å². The maximum Gasteiger partial charge on any atom is 0.147 e. The highest BCUT2D eigenvalue weighted by Gasteiger charge is 2.12. The Morgan fingerprint density at radius 2 is 1.35 bits per heavy atom. The van der Waals surface area contributed by atoms with Gasteiger partial charge < -0.3 is 0 Å². The average molecular weight is 327 g/mol. The molecule has 0 aliphatic carbocycles. The van der Waals surface area contributed by atoms with Crippen LogP contribution in [-0.4, -0.2) is 4.98 Å². The summed E-state index contributed by atoms with van der Waals surface area (Å²) < 4.78 is 0. The molecule has 0 saturated carbocycles. The van der Waals surface area contributed by atoms with E-state index in [1.54, 1.807) is 24.4 Å². The Kier molecular flexibility index (Phi) is 4.06. The zero-order chi connectivity index (χ0) is 12.6. The molecule has 1 aromatic heterocycles. The summed E-state index contributed by atoms with van der Waals surface area (Å²) in [6, 6.07) is 4.86. The van der Waals surface area contributed by atoms with Gasteiger partial charge in [0.2, 0.25) is 0 Å². The Hall–Kier alpha value is -0.180. The molecule has 88 valence electrons. The van der Waals surface area contributed by atoms with E-state index in [2.05, 4.69) is 4.98 Å². The highest BCUT2D eigenvalue weighted by molar-refractivity contribution is 6.43. The van der Waals surface area contributed by atoms with Crippen LogP contribution in [0.1, 0.15) is 0 Å². The van der Waals surface area contributed by atoms with E-state index in [4.69, 9.17) is 58.0 Å². The highest BCUT2D eigenvalue weighted by Crippen LogP contribution is 2.38. The molecule has 1 heterocycles. The van der Waals surface area contributed by atoms with Crippen LogP contribution in [0.4, 0.5) is 0 Å². The van der Waals surface area contributed by atoms with Crippen molar-refractivity contribution in [2.75, 3.05) is 0 Å². The molecule has 17 heavy (non-hydrogen) atoms. The molecule has 1 aromatic carbocycles. The van der Waals surface area contributed by atoms with Gasteiger partial charge in [-0.2, -0.15) is 0 Å². The van der Waals surface area contributed by atoms with Crippen molar-refractivity contribution in [3.63, 3.8) is 0 Å². The van der Waals surface area contributed by atoms with Crippen LogP contribution in [0.15, 0.2) is 24.4 Å². The van der Waals surface area contributed by atoms with Crippen molar-refractivity contribution in [3.8, 4) is 11.1 Å². The van der Waals surface area contributed by atoms with E-state index in [1.165, 1.54) is 0 Å². The monoisotopic (exact) mass is 325 g/mol. The first-order chi connectivity index (χ1) is 7.99. The molecule has 0 amide bonds. The summed E-state index contributed by atoms with van der Waals surface area (Å²) in [5.41, 5.74) is 1.31. The van der Waals surface area contributed by atoms with Crippen LogP contribution in [0.5, 0.6) is 0 Å². The molecular weight excluding hydrogens is 323 g/mol. The number of aromatic nitrogens is 1. The second kappa shape index (κ2) is 5.21. The average Bonchev–Trinajstić information content (AvgIpc) is 2.21. The van der Waals surface area contributed by atoms with E-state index in [9.17, 15) is 0 Å². The molecule has 2 rings (SSSR count). The third-order valence-corrected chi connectivity index (χ3v) is 3.59. The quantitative estimate of drug-likeness (QED) is 0.584. The van der Waals surface area contributed by atoms with Gasteiger partial charge in [-0.3, -0.25) is 0 Å². The van der Waals surface area contributed by atoms with Crippen molar-refractivity contribution >= 4 is 58.0 Å². The Bertz CT molecular complexity index is 559. The van der Waals surface area contributed by atoms with E-state index in [0.29, 0.717) is 31.2 Å². The van der Waals surface area contributed by atoms with Gasteiger partial charge in [-0.15, -0.1) is 0 Å². The summed E-state index contributed by atoms with van der Waals surface area (Å²) in [4.78, 5) is 3.94. The lowest BCUT2D eigenvalue weighted by molar-refractivity contribution is 1.33. The number of pyridine rings is 1. The van der Waals surface area contributed by atoms with Gasteiger partial charge in [0.25, 0.3) is 0 Å². The van der Waals surface area contributed by atoms with Crippen molar-refractivity contribution in [2.45, 2.75) is 0 Å². The zero-order valence-electron chi connectivity index (χ0n) is 8.15. The van der Waals surface area contributed by atoms with Crippen LogP contribution < -0.4 is 0 Å². The Balaban J connectivity index is 2.64. The fraction of sp³-hybridized carbons (Fsp3) is 0. The van der Waals surface area contributed by atoms with Crippen LogP contribution in [-0.2, 0) is 0 Å². The highest BCUT2D eigenvalue weighted by atomic mass is 35.5. The van der Waals surface area contributed by atoms with Gasteiger partial charge in [-0.1, -0.05) is 58.0 Å². The third-order valence-electron chi connectivity index (χ3n) is 2.09.